The number of morpholine rings is 1. The lowest BCUT2D eigenvalue weighted by atomic mass is 9.93. The zero-order valence-electron chi connectivity index (χ0n) is 10.6. The monoisotopic (exact) mass is 236 g/mol. The van der Waals surface area contributed by atoms with Gasteiger partial charge in [0.05, 0.1) is 12.2 Å². The van der Waals surface area contributed by atoms with Crippen LogP contribution in [0.1, 0.15) is 32.1 Å². The summed E-state index contributed by atoms with van der Waals surface area (Å²) in [4.78, 5) is 2.67. The van der Waals surface area contributed by atoms with E-state index in [1.54, 1.807) is 0 Å². The molecule has 0 spiro atoms. The molecule has 5 atom stereocenters. The Morgan fingerprint density at radius 1 is 1.06 bits per heavy atom. The van der Waals surface area contributed by atoms with Gasteiger partial charge in [-0.3, -0.25) is 4.90 Å². The van der Waals surface area contributed by atoms with Crippen LogP contribution >= 0.6 is 0 Å². The molecule has 3 nitrogen and oxygen atoms in total. The van der Waals surface area contributed by atoms with Gasteiger partial charge in [0.15, 0.2) is 0 Å². The number of hydrogen-bond donors (Lipinski definition) is 1. The van der Waals surface area contributed by atoms with Crippen molar-refractivity contribution in [2.75, 3.05) is 26.2 Å². The first-order valence-corrected chi connectivity index (χ1v) is 7.49. The highest BCUT2D eigenvalue weighted by Gasteiger charge is 2.41. The zero-order chi connectivity index (χ0) is 11.2. The van der Waals surface area contributed by atoms with E-state index in [0.29, 0.717) is 12.2 Å². The molecule has 3 heterocycles. The van der Waals surface area contributed by atoms with Crippen molar-refractivity contribution < 1.29 is 4.74 Å². The Hall–Kier alpha value is -0.120. The van der Waals surface area contributed by atoms with E-state index in [-0.39, 0.29) is 0 Å². The fourth-order valence-electron chi connectivity index (χ4n) is 4.63. The second-order valence-electron chi connectivity index (χ2n) is 6.55. The quantitative estimate of drug-likeness (QED) is 0.780. The first kappa shape index (κ1) is 10.8. The summed E-state index contributed by atoms with van der Waals surface area (Å²) in [5.41, 5.74) is 0. The summed E-state index contributed by atoms with van der Waals surface area (Å²) in [5.74, 6) is 1.98. The van der Waals surface area contributed by atoms with Crippen LogP contribution in [-0.4, -0.2) is 49.3 Å². The molecular weight excluding hydrogens is 212 g/mol. The lowest BCUT2D eigenvalue weighted by Gasteiger charge is -2.35. The van der Waals surface area contributed by atoms with E-state index in [1.165, 1.54) is 58.3 Å². The Morgan fingerprint density at radius 3 is 2.71 bits per heavy atom. The van der Waals surface area contributed by atoms with Gasteiger partial charge in [0, 0.05) is 25.7 Å². The second-order valence-corrected chi connectivity index (χ2v) is 6.55. The topological polar surface area (TPSA) is 24.5 Å². The van der Waals surface area contributed by atoms with Crippen molar-refractivity contribution >= 4 is 0 Å². The molecule has 3 aliphatic heterocycles. The van der Waals surface area contributed by atoms with Gasteiger partial charge in [0.1, 0.15) is 0 Å². The van der Waals surface area contributed by atoms with Crippen LogP contribution in [0.3, 0.4) is 0 Å². The van der Waals surface area contributed by atoms with Crippen molar-refractivity contribution in [3.8, 4) is 0 Å². The van der Waals surface area contributed by atoms with Gasteiger partial charge in [0.2, 0.25) is 0 Å². The highest BCUT2D eigenvalue weighted by Crippen LogP contribution is 2.38. The van der Waals surface area contributed by atoms with E-state index in [4.69, 9.17) is 4.74 Å². The van der Waals surface area contributed by atoms with E-state index in [0.717, 1.165) is 17.9 Å². The Kier molecular flexibility index (Phi) is 2.67. The summed E-state index contributed by atoms with van der Waals surface area (Å²) in [6.07, 6.45) is 8.12. The molecular formula is C14H24N2O. The van der Waals surface area contributed by atoms with E-state index in [9.17, 15) is 0 Å². The number of nitrogens with one attached hydrogen (secondary N) is 1. The highest BCUT2D eigenvalue weighted by atomic mass is 16.5. The number of fused-ring (bicyclic) bond motifs is 3. The highest BCUT2D eigenvalue weighted by molar-refractivity contribution is 4.96. The van der Waals surface area contributed by atoms with Crippen LogP contribution in [-0.2, 0) is 4.74 Å². The molecule has 3 saturated heterocycles. The molecule has 4 fully saturated rings. The predicted octanol–water partition coefficient (Wildman–Crippen LogP) is 1.24. The molecule has 0 radical (unpaired) electrons. The van der Waals surface area contributed by atoms with Gasteiger partial charge >= 0.3 is 0 Å². The second kappa shape index (κ2) is 4.22. The van der Waals surface area contributed by atoms with Crippen LogP contribution in [0.25, 0.3) is 0 Å². The standard InChI is InChI=1S/C14H24N2O/c1-2-10-6-15-14(13(10)3-1)9-16-7-11-4-5-12(8-16)17-11/h10-15H,1-9H2. The van der Waals surface area contributed by atoms with Crippen molar-refractivity contribution in [3.63, 3.8) is 0 Å². The Balaban J connectivity index is 1.38. The van der Waals surface area contributed by atoms with Crippen molar-refractivity contribution in [2.24, 2.45) is 11.8 Å². The van der Waals surface area contributed by atoms with E-state index >= 15 is 0 Å². The average molecular weight is 236 g/mol. The molecule has 1 aliphatic carbocycles. The summed E-state index contributed by atoms with van der Waals surface area (Å²) >= 11 is 0. The first-order valence-electron chi connectivity index (χ1n) is 7.49. The summed E-state index contributed by atoms with van der Waals surface area (Å²) in [5, 5.41) is 3.77. The molecule has 5 unspecified atom stereocenters. The molecule has 0 amide bonds. The van der Waals surface area contributed by atoms with Crippen LogP contribution < -0.4 is 5.32 Å². The molecule has 96 valence electrons. The number of nitrogens with zero attached hydrogens (tertiary/aromatic N) is 1. The lowest BCUT2D eigenvalue weighted by molar-refractivity contribution is -0.0414. The summed E-state index contributed by atoms with van der Waals surface area (Å²) in [6, 6.07) is 0.778. The van der Waals surface area contributed by atoms with Crippen LogP contribution in [0, 0.1) is 11.8 Å². The maximum atomic E-state index is 5.92. The smallest absolute Gasteiger partial charge is 0.0707 e. The third kappa shape index (κ3) is 1.92. The van der Waals surface area contributed by atoms with E-state index in [2.05, 4.69) is 10.2 Å². The summed E-state index contributed by atoms with van der Waals surface area (Å²) in [7, 11) is 0. The third-order valence-corrected chi connectivity index (χ3v) is 5.45. The minimum Gasteiger partial charge on any atom is -0.372 e. The maximum absolute atomic E-state index is 5.92. The minimum absolute atomic E-state index is 0.550. The largest absolute Gasteiger partial charge is 0.372 e. The molecule has 17 heavy (non-hydrogen) atoms. The van der Waals surface area contributed by atoms with Crippen LogP contribution in [0.2, 0.25) is 0 Å². The Labute approximate surface area is 104 Å². The molecule has 1 saturated carbocycles. The fraction of sp³-hybridized carbons (Fsp3) is 1.00. The number of ether oxygens (including phenoxy) is 1. The fourth-order valence-corrected chi connectivity index (χ4v) is 4.63. The molecule has 3 heteroatoms. The summed E-state index contributed by atoms with van der Waals surface area (Å²) in [6.45, 7) is 4.93. The van der Waals surface area contributed by atoms with Crippen molar-refractivity contribution in [1.82, 2.24) is 10.2 Å². The molecule has 4 rings (SSSR count). The Morgan fingerprint density at radius 2 is 1.88 bits per heavy atom. The van der Waals surface area contributed by atoms with Gasteiger partial charge in [-0.1, -0.05) is 6.42 Å². The number of rotatable bonds is 2. The van der Waals surface area contributed by atoms with Crippen molar-refractivity contribution in [1.29, 1.82) is 0 Å². The Bertz CT molecular complexity index is 284. The van der Waals surface area contributed by atoms with Gasteiger partial charge < -0.3 is 10.1 Å². The van der Waals surface area contributed by atoms with Crippen LogP contribution in [0.5, 0.6) is 0 Å². The van der Waals surface area contributed by atoms with Gasteiger partial charge in [-0.25, -0.2) is 0 Å². The molecule has 0 aromatic carbocycles. The zero-order valence-corrected chi connectivity index (χ0v) is 10.6. The predicted molar refractivity (Wildman–Crippen MR) is 67.0 cm³/mol. The lowest BCUT2D eigenvalue weighted by Crippen LogP contribution is -2.48. The molecule has 0 aromatic heterocycles. The first-order chi connectivity index (χ1) is 8.38. The van der Waals surface area contributed by atoms with Gasteiger partial charge in [-0.2, -0.15) is 0 Å². The third-order valence-electron chi connectivity index (χ3n) is 5.45. The SMILES string of the molecule is C1CC2CNC(CN3CC4CCC(C3)O4)C2C1. The molecule has 1 N–H and O–H groups in total. The average Bonchev–Trinajstić information content (AvgIpc) is 2.98. The van der Waals surface area contributed by atoms with Gasteiger partial charge in [0.25, 0.3) is 0 Å². The number of likely N-dealkylation sites (tertiary alicyclic amines) is 1. The molecule has 2 bridgehead atoms. The van der Waals surface area contributed by atoms with Gasteiger partial charge in [-0.15, -0.1) is 0 Å². The minimum atomic E-state index is 0.550. The number of hydrogen-bond acceptors (Lipinski definition) is 3. The van der Waals surface area contributed by atoms with Crippen LogP contribution in [0.4, 0.5) is 0 Å². The van der Waals surface area contributed by atoms with Crippen molar-refractivity contribution in [3.05, 3.63) is 0 Å². The summed E-state index contributed by atoms with van der Waals surface area (Å²) < 4.78 is 5.92. The molecule has 0 aromatic rings. The maximum Gasteiger partial charge on any atom is 0.0707 e. The normalized spacial score (nSPS) is 49.8. The van der Waals surface area contributed by atoms with Crippen LogP contribution in [0.15, 0.2) is 0 Å². The van der Waals surface area contributed by atoms with Gasteiger partial charge in [-0.05, 0) is 44.1 Å². The van der Waals surface area contributed by atoms with E-state index < -0.39 is 0 Å². The van der Waals surface area contributed by atoms with E-state index in [1.807, 2.05) is 0 Å². The van der Waals surface area contributed by atoms with Crippen molar-refractivity contribution in [2.45, 2.75) is 50.4 Å². The molecule has 4 aliphatic rings.